The summed E-state index contributed by atoms with van der Waals surface area (Å²) in [5.74, 6) is -1.55. The number of carboxylic acids is 1. The first-order valence-electron chi connectivity index (χ1n) is 7.97. The Hall–Kier alpha value is -2.86. The predicted octanol–water partition coefficient (Wildman–Crippen LogP) is 3.91. The van der Waals surface area contributed by atoms with Gasteiger partial charge in [0.1, 0.15) is 4.75 Å². The number of aliphatic carboxylic acids is 1. The third kappa shape index (κ3) is 3.41. The highest BCUT2D eigenvalue weighted by molar-refractivity contribution is 8.01. The number of hydrogen-bond acceptors (Lipinski definition) is 4. The molecular weight excluding hydrogens is 350 g/mol. The molecule has 6 heteroatoms. The van der Waals surface area contributed by atoms with Crippen LogP contribution in [0, 0.1) is 0 Å². The Morgan fingerprint density at radius 1 is 1.00 bits per heavy atom. The zero-order chi connectivity index (χ0) is 18.9. The number of hydrogen-bond donors (Lipinski definition) is 1. The summed E-state index contributed by atoms with van der Waals surface area (Å²) in [5.41, 5.74) is 1.62. The highest BCUT2D eigenvalue weighted by atomic mass is 32.2. The number of carbonyl (C=O) groups is 3. The minimum Gasteiger partial charge on any atom is -0.480 e. The molecule has 132 valence electrons. The van der Waals surface area contributed by atoms with Crippen molar-refractivity contribution in [1.82, 2.24) is 4.90 Å². The fraction of sp³-hybridized carbons (Fsp3) is 0.150. The summed E-state index contributed by atoms with van der Waals surface area (Å²) in [6.07, 6.45) is 3.15. The Bertz CT molecular complexity index is 881. The Morgan fingerprint density at radius 2 is 1.54 bits per heavy atom. The van der Waals surface area contributed by atoms with Crippen LogP contribution in [0.2, 0.25) is 0 Å². The Kier molecular flexibility index (Phi) is 4.70. The van der Waals surface area contributed by atoms with Crippen LogP contribution in [-0.4, -0.2) is 32.5 Å². The summed E-state index contributed by atoms with van der Waals surface area (Å²) in [4.78, 5) is 37.7. The summed E-state index contributed by atoms with van der Waals surface area (Å²) in [6, 6.07) is 14.0. The van der Waals surface area contributed by atoms with E-state index < -0.39 is 10.7 Å². The van der Waals surface area contributed by atoms with Gasteiger partial charge in [0.15, 0.2) is 0 Å². The highest BCUT2D eigenvalue weighted by Gasteiger charge is 2.33. The first kappa shape index (κ1) is 17.9. The molecular formula is C20H17NO4S. The van der Waals surface area contributed by atoms with E-state index in [0.717, 1.165) is 15.4 Å². The number of benzene rings is 2. The monoisotopic (exact) mass is 367 g/mol. The lowest BCUT2D eigenvalue weighted by atomic mass is 10.1. The van der Waals surface area contributed by atoms with E-state index in [9.17, 15) is 19.5 Å². The Balaban J connectivity index is 1.73. The lowest BCUT2D eigenvalue weighted by Crippen LogP contribution is -2.26. The molecule has 1 N–H and O–H groups in total. The highest BCUT2D eigenvalue weighted by Crippen LogP contribution is 2.32. The molecule has 0 spiro atoms. The lowest BCUT2D eigenvalue weighted by Gasteiger charge is -2.18. The van der Waals surface area contributed by atoms with Crippen molar-refractivity contribution in [2.24, 2.45) is 0 Å². The zero-order valence-corrected chi connectivity index (χ0v) is 15.1. The second-order valence-electron chi connectivity index (χ2n) is 6.33. The van der Waals surface area contributed by atoms with Crippen LogP contribution in [0.5, 0.6) is 0 Å². The first-order chi connectivity index (χ1) is 12.3. The maximum Gasteiger partial charge on any atom is 0.319 e. The van der Waals surface area contributed by atoms with Crippen molar-refractivity contribution < 1.29 is 19.5 Å². The normalized spacial score (nSPS) is 14.2. The quantitative estimate of drug-likeness (QED) is 0.641. The van der Waals surface area contributed by atoms with E-state index in [2.05, 4.69) is 0 Å². The number of amides is 2. The average Bonchev–Trinajstić information content (AvgIpc) is 2.85. The summed E-state index contributed by atoms with van der Waals surface area (Å²) in [5, 5.41) is 9.19. The third-order valence-electron chi connectivity index (χ3n) is 4.01. The smallest absolute Gasteiger partial charge is 0.319 e. The van der Waals surface area contributed by atoms with Crippen LogP contribution < -0.4 is 0 Å². The summed E-state index contributed by atoms with van der Waals surface area (Å²) in [7, 11) is 0. The average molecular weight is 367 g/mol. The molecule has 1 heterocycles. The molecule has 0 bridgehead atoms. The molecule has 0 radical (unpaired) electrons. The summed E-state index contributed by atoms with van der Waals surface area (Å²) < 4.78 is -0.919. The first-order valence-corrected chi connectivity index (χ1v) is 8.79. The van der Waals surface area contributed by atoms with Crippen LogP contribution in [0.25, 0.3) is 6.08 Å². The molecule has 0 atom stereocenters. The van der Waals surface area contributed by atoms with Crippen molar-refractivity contribution >= 4 is 35.6 Å². The van der Waals surface area contributed by atoms with Gasteiger partial charge >= 0.3 is 5.97 Å². The maximum absolute atomic E-state index is 12.3. The van der Waals surface area contributed by atoms with Crippen LogP contribution in [0.3, 0.4) is 0 Å². The van der Waals surface area contributed by atoms with E-state index in [0.29, 0.717) is 11.1 Å². The van der Waals surface area contributed by atoms with Gasteiger partial charge in [-0.3, -0.25) is 14.4 Å². The number of thioether (sulfide) groups is 1. The second-order valence-corrected chi connectivity index (χ2v) is 8.02. The number of nitrogens with zero attached hydrogens (tertiary/aromatic N) is 1. The van der Waals surface area contributed by atoms with Gasteiger partial charge in [-0.25, -0.2) is 4.90 Å². The van der Waals surface area contributed by atoms with Gasteiger partial charge in [-0.2, -0.15) is 0 Å². The topological polar surface area (TPSA) is 74.7 Å². The van der Waals surface area contributed by atoms with Gasteiger partial charge < -0.3 is 5.11 Å². The Labute approximate surface area is 155 Å². The SMILES string of the molecule is CC(C)(Sc1ccc(C=CN2C(=O)c3ccccc3C2=O)cc1)C(=O)O. The van der Waals surface area contributed by atoms with E-state index in [-0.39, 0.29) is 11.8 Å². The van der Waals surface area contributed by atoms with Gasteiger partial charge in [0.05, 0.1) is 11.1 Å². The van der Waals surface area contributed by atoms with Crippen LogP contribution in [0.4, 0.5) is 0 Å². The molecule has 1 aliphatic rings. The van der Waals surface area contributed by atoms with E-state index in [1.807, 2.05) is 24.3 Å². The Morgan fingerprint density at radius 3 is 2.04 bits per heavy atom. The van der Waals surface area contributed by atoms with E-state index in [1.165, 1.54) is 18.0 Å². The van der Waals surface area contributed by atoms with Gasteiger partial charge in [0.25, 0.3) is 11.8 Å². The van der Waals surface area contributed by atoms with Gasteiger partial charge in [-0.05, 0) is 49.8 Å². The minimum atomic E-state index is -0.919. The maximum atomic E-state index is 12.3. The number of imide groups is 1. The molecule has 2 aromatic carbocycles. The standard InChI is InChI=1S/C20H17NO4S/c1-20(2,19(24)25)26-14-9-7-13(8-10-14)11-12-21-17(22)15-5-3-4-6-16(15)18(21)23/h3-12H,1-2H3,(H,24,25). The minimum absolute atomic E-state index is 0.336. The van der Waals surface area contributed by atoms with E-state index >= 15 is 0 Å². The van der Waals surface area contributed by atoms with E-state index in [4.69, 9.17) is 0 Å². The van der Waals surface area contributed by atoms with Crippen LogP contribution in [0.1, 0.15) is 40.1 Å². The molecule has 1 aliphatic heterocycles. The van der Waals surface area contributed by atoms with Crippen molar-refractivity contribution in [3.8, 4) is 0 Å². The van der Waals surface area contributed by atoms with Crippen LogP contribution >= 0.6 is 11.8 Å². The number of rotatable bonds is 5. The van der Waals surface area contributed by atoms with Crippen molar-refractivity contribution in [1.29, 1.82) is 0 Å². The molecule has 2 amide bonds. The van der Waals surface area contributed by atoms with Crippen LogP contribution in [0.15, 0.2) is 59.6 Å². The fourth-order valence-electron chi connectivity index (χ4n) is 2.49. The van der Waals surface area contributed by atoms with Crippen LogP contribution in [-0.2, 0) is 4.79 Å². The van der Waals surface area contributed by atoms with Crippen molar-refractivity contribution in [2.75, 3.05) is 0 Å². The van der Waals surface area contributed by atoms with Gasteiger partial charge in [0, 0.05) is 11.1 Å². The molecule has 3 rings (SSSR count). The number of fused-ring (bicyclic) bond motifs is 1. The summed E-state index contributed by atoms with van der Waals surface area (Å²) >= 11 is 1.26. The number of carboxylic acid groups (broad SMARTS) is 1. The molecule has 26 heavy (non-hydrogen) atoms. The largest absolute Gasteiger partial charge is 0.480 e. The van der Waals surface area contributed by atoms with Gasteiger partial charge in [-0.1, -0.05) is 24.3 Å². The van der Waals surface area contributed by atoms with Crippen molar-refractivity contribution in [3.05, 3.63) is 71.4 Å². The predicted molar refractivity (Wildman–Crippen MR) is 100.0 cm³/mol. The fourth-order valence-corrected chi connectivity index (χ4v) is 3.44. The molecule has 5 nitrogen and oxygen atoms in total. The molecule has 0 aliphatic carbocycles. The second kappa shape index (κ2) is 6.80. The third-order valence-corrected chi connectivity index (χ3v) is 5.20. The molecule has 0 unspecified atom stereocenters. The lowest BCUT2D eigenvalue weighted by molar-refractivity contribution is -0.138. The summed E-state index contributed by atoms with van der Waals surface area (Å²) in [6.45, 7) is 3.30. The molecule has 0 fully saturated rings. The molecule has 0 saturated heterocycles. The van der Waals surface area contributed by atoms with Crippen molar-refractivity contribution in [3.63, 3.8) is 0 Å². The van der Waals surface area contributed by atoms with Crippen molar-refractivity contribution in [2.45, 2.75) is 23.5 Å². The van der Waals surface area contributed by atoms with Gasteiger partial charge in [0.2, 0.25) is 0 Å². The van der Waals surface area contributed by atoms with Gasteiger partial charge in [-0.15, -0.1) is 11.8 Å². The zero-order valence-electron chi connectivity index (χ0n) is 14.3. The molecule has 2 aromatic rings. The molecule has 0 aromatic heterocycles. The molecule has 0 saturated carbocycles. The van der Waals surface area contributed by atoms with E-state index in [1.54, 1.807) is 44.2 Å². The number of carbonyl (C=O) groups excluding carboxylic acids is 2.